The fourth-order valence-corrected chi connectivity index (χ4v) is 4.15. The van der Waals surface area contributed by atoms with Gasteiger partial charge in [0, 0.05) is 42.9 Å². The number of nitrogens with zero attached hydrogens (tertiary/aromatic N) is 2. The van der Waals surface area contributed by atoms with Crippen LogP contribution in [0.25, 0.3) is 10.9 Å². The normalized spacial score (nSPS) is 20.0. The minimum absolute atomic E-state index is 0.248. The van der Waals surface area contributed by atoms with Gasteiger partial charge < -0.3 is 14.9 Å². The van der Waals surface area contributed by atoms with Gasteiger partial charge in [-0.25, -0.2) is 4.79 Å². The number of fused-ring (bicyclic) bond motifs is 3. The molecule has 1 aromatic carbocycles. The zero-order chi connectivity index (χ0) is 17.9. The van der Waals surface area contributed by atoms with Crippen LogP contribution >= 0.6 is 0 Å². The first-order chi connectivity index (χ1) is 11.9. The third-order valence-corrected chi connectivity index (χ3v) is 5.62. The summed E-state index contributed by atoms with van der Waals surface area (Å²) in [5, 5.41) is 4.72. The number of nitrogens with one attached hydrogen (secondary N) is 2. The molecular weight excluding hydrogens is 316 g/mol. The Hall–Kier alpha value is -2.60. The molecule has 0 bridgehead atoms. The van der Waals surface area contributed by atoms with Gasteiger partial charge in [0.05, 0.1) is 11.1 Å². The lowest BCUT2D eigenvalue weighted by molar-refractivity contribution is 0.392. The van der Waals surface area contributed by atoms with Crippen LogP contribution in [-0.2, 0) is 26.1 Å². The maximum Gasteiger partial charge on any atom is 0.330 e. The van der Waals surface area contributed by atoms with Crippen LogP contribution in [0, 0.1) is 6.92 Å². The van der Waals surface area contributed by atoms with Crippen molar-refractivity contribution >= 4 is 10.9 Å². The van der Waals surface area contributed by atoms with Crippen LogP contribution in [0.4, 0.5) is 0 Å². The second-order valence-electron chi connectivity index (χ2n) is 6.99. The monoisotopic (exact) mass is 338 g/mol. The predicted octanol–water partition coefficient (Wildman–Crippen LogP) is 1.28. The smallest absolute Gasteiger partial charge is 0.330 e. The van der Waals surface area contributed by atoms with Crippen molar-refractivity contribution in [2.24, 2.45) is 14.1 Å². The molecule has 2 N–H and O–H groups in total. The van der Waals surface area contributed by atoms with Crippen molar-refractivity contribution in [2.75, 3.05) is 6.54 Å². The molecule has 6 heteroatoms. The van der Waals surface area contributed by atoms with Crippen LogP contribution in [0.2, 0.25) is 0 Å². The van der Waals surface area contributed by atoms with Crippen LogP contribution < -0.4 is 16.6 Å². The lowest BCUT2D eigenvalue weighted by atomic mass is 9.82. The number of aromatic amines is 1. The highest BCUT2D eigenvalue weighted by molar-refractivity contribution is 5.85. The molecule has 2 aromatic heterocycles. The van der Waals surface area contributed by atoms with E-state index in [4.69, 9.17) is 0 Å². The van der Waals surface area contributed by atoms with Gasteiger partial charge in [0.2, 0.25) is 0 Å². The Morgan fingerprint density at radius 3 is 2.60 bits per heavy atom. The topological polar surface area (TPSA) is 71.8 Å². The fourth-order valence-electron chi connectivity index (χ4n) is 4.15. The average molecular weight is 338 g/mol. The molecule has 0 saturated carbocycles. The molecular formula is C19H22N4O2. The van der Waals surface area contributed by atoms with Crippen LogP contribution in [0.3, 0.4) is 0 Å². The SMILES string of the molecule is Cc1c(C2(C)NCCc3c2[nH]c2ccccc32)c(=O)n(C)c(=O)n1C. The van der Waals surface area contributed by atoms with Crippen LogP contribution in [0.5, 0.6) is 0 Å². The van der Waals surface area contributed by atoms with Gasteiger partial charge in [0.15, 0.2) is 0 Å². The first-order valence-corrected chi connectivity index (χ1v) is 8.48. The van der Waals surface area contributed by atoms with Gasteiger partial charge in [-0.15, -0.1) is 0 Å². The van der Waals surface area contributed by atoms with E-state index in [2.05, 4.69) is 22.4 Å². The molecule has 1 aliphatic rings. The highest BCUT2D eigenvalue weighted by Gasteiger charge is 2.40. The van der Waals surface area contributed by atoms with Crippen molar-refractivity contribution in [3.05, 3.63) is 67.6 Å². The van der Waals surface area contributed by atoms with E-state index in [0.29, 0.717) is 11.3 Å². The molecule has 0 fully saturated rings. The van der Waals surface area contributed by atoms with E-state index in [1.54, 1.807) is 11.6 Å². The molecule has 0 radical (unpaired) electrons. The number of aromatic nitrogens is 3. The first-order valence-electron chi connectivity index (χ1n) is 8.48. The Labute approximate surface area is 145 Å². The van der Waals surface area contributed by atoms with Crippen molar-refractivity contribution in [1.29, 1.82) is 0 Å². The van der Waals surface area contributed by atoms with Gasteiger partial charge in [-0.2, -0.15) is 0 Å². The van der Waals surface area contributed by atoms with Gasteiger partial charge in [-0.1, -0.05) is 18.2 Å². The Morgan fingerprint density at radius 2 is 1.84 bits per heavy atom. The molecule has 0 spiro atoms. The van der Waals surface area contributed by atoms with E-state index in [-0.39, 0.29) is 11.2 Å². The number of rotatable bonds is 1. The van der Waals surface area contributed by atoms with Crippen molar-refractivity contribution in [1.82, 2.24) is 19.4 Å². The highest BCUT2D eigenvalue weighted by Crippen LogP contribution is 2.37. The largest absolute Gasteiger partial charge is 0.356 e. The highest BCUT2D eigenvalue weighted by atomic mass is 16.2. The Bertz CT molecular complexity index is 1120. The van der Waals surface area contributed by atoms with E-state index in [1.165, 1.54) is 22.6 Å². The van der Waals surface area contributed by atoms with Crippen LogP contribution in [0.15, 0.2) is 33.9 Å². The van der Waals surface area contributed by atoms with Crippen LogP contribution in [0.1, 0.15) is 29.4 Å². The molecule has 4 rings (SSSR count). The standard InChI is InChI=1S/C19H22N4O2/c1-11-15(17(24)23(4)18(25)22(11)3)19(2)16-13(9-10-20-19)12-7-5-6-8-14(12)21-16/h5-8,20-21H,9-10H2,1-4H3. The molecule has 3 heterocycles. The molecule has 6 nitrogen and oxygen atoms in total. The molecule has 1 unspecified atom stereocenters. The second kappa shape index (κ2) is 5.20. The third-order valence-electron chi connectivity index (χ3n) is 5.62. The predicted molar refractivity (Wildman–Crippen MR) is 98.1 cm³/mol. The van der Waals surface area contributed by atoms with Crippen LogP contribution in [-0.4, -0.2) is 20.7 Å². The summed E-state index contributed by atoms with van der Waals surface area (Å²) in [7, 11) is 3.24. The summed E-state index contributed by atoms with van der Waals surface area (Å²) in [5.41, 5.74) is 3.41. The summed E-state index contributed by atoms with van der Waals surface area (Å²) in [5.74, 6) is 0. The van der Waals surface area contributed by atoms with E-state index < -0.39 is 5.54 Å². The van der Waals surface area contributed by atoms with Crippen molar-refractivity contribution in [2.45, 2.75) is 25.8 Å². The summed E-state index contributed by atoms with van der Waals surface area (Å²) in [6, 6.07) is 8.21. The molecule has 25 heavy (non-hydrogen) atoms. The average Bonchev–Trinajstić information content (AvgIpc) is 2.99. The van der Waals surface area contributed by atoms with Gasteiger partial charge in [0.25, 0.3) is 5.56 Å². The third kappa shape index (κ3) is 2.00. The first kappa shape index (κ1) is 15.9. The van der Waals surface area contributed by atoms with E-state index in [1.807, 2.05) is 26.0 Å². The Kier molecular flexibility index (Phi) is 3.30. The summed E-state index contributed by atoms with van der Waals surface area (Å²) in [4.78, 5) is 28.7. The Morgan fingerprint density at radius 1 is 1.12 bits per heavy atom. The molecule has 0 aliphatic carbocycles. The molecule has 1 atom stereocenters. The number of benzene rings is 1. The van der Waals surface area contributed by atoms with Crippen molar-refractivity contribution in [3.63, 3.8) is 0 Å². The fraction of sp³-hybridized carbons (Fsp3) is 0.368. The summed E-state index contributed by atoms with van der Waals surface area (Å²) >= 11 is 0. The van der Waals surface area contributed by atoms with Gasteiger partial charge in [-0.3, -0.25) is 9.36 Å². The maximum atomic E-state index is 13.0. The van der Waals surface area contributed by atoms with Gasteiger partial charge >= 0.3 is 5.69 Å². The zero-order valence-electron chi connectivity index (χ0n) is 14.9. The second-order valence-corrected chi connectivity index (χ2v) is 6.99. The molecule has 1 aliphatic heterocycles. The van der Waals surface area contributed by atoms with E-state index >= 15 is 0 Å². The molecule has 3 aromatic rings. The lowest BCUT2D eigenvalue weighted by Crippen LogP contribution is -2.53. The lowest BCUT2D eigenvalue weighted by Gasteiger charge is -2.36. The van der Waals surface area contributed by atoms with Gasteiger partial charge in [0.1, 0.15) is 0 Å². The van der Waals surface area contributed by atoms with Crippen molar-refractivity contribution in [3.8, 4) is 0 Å². The molecule has 0 saturated heterocycles. The number of para-hydroxylation sites is 1. The summed E-state index contributed by atoms with van der Waals surface area (Å²) in [6.07, 6.45) is 0.903. The number of H-pyrrole nitrogens is 1. The summed E-state index contributed by atoms with van der Waals surface area (Å²) < 4.78 is 2.73. The van der Waals surface area contributed by atoms with Gasteiger partial charge in [-0.05, 0) is 31.9 Å². The Balaban J connectivity index is 2.09. The van der Waals surface area contributed by atoms with E-state index in [9.17, 15) is 9.59 Å². The molecule has 130 valence electrons. The molecule has 0 amide bonds. The minimum atomic E-state index is -0.670. The quantitative estimate of drug-likeness (QED) is 0.702. The zero-order valence-corrected chi connectivity index (χ0v) is 14.9. The van der Waals surface area contributed by atoms with Crippen molar-refractivity contribution < 1.29 is 0 Å². The summed E-state index contributed by atoms with van der Waals surface area (Å²) in [6.45, 7) is 4.63. The number of hydrogen-bond acceptors (Lipinski definition) is 3. The van der Waals surface area contributed by atoms with E-state index in [0.717, 1.165) is 24.2 Å². The maximum absolute atomic E-state index is 13.0. The number of hydrogen-bond donors (Lipinski definition) is 2. The minimum Gasteiger partial charge on any atom is -0.356 e.